The van der Waals surface area contributed by atoms with Gasteiger partial charge in [-0.25, -0.2) is 4.39 Å². The third-order valence-corrected chi connectivity index (χ3v) is 3.12. The molecule has 6 heteroatoms. The molecule has 1 atom stereocenters. The summed E-state index contributed by atoms with van der Waals surface area (Å²) in [4.78, 5) is 12.7. The fourth-order valence-corrected chi connectivity index (χ4v) is 2.31. The second kappa shape index (κ2) is 6.46. The number of halogens is 1. The molecular formula is C14H15FN2O3. The minimum atomic E-state index is -0.894. The molecule has 1 heterocycles. The third-order valence-electron chi connectivity index (χ3n) is 3.12. The van der Waals surface area contributed by atoms with Gasteiger partial charge >= 0.3 is 5.97 Å². The zero-order chi connectivity index (χ0) is 14.5. The standard InChI is InChI=1S/C14H15FN2O3/c15-12-4-10(7-16)3-11(5-12)8-17-1-2-20-13(9-17)6-14(18)19/h3-5,13H,1-2,6,8-9H2,(H,18,19). The number of benzene rings is 1. The molecule has 1 aromatic carbocycles. The van der Waals surface area contributed by atoms with Gasteiger partial charge in [0, 0.05) is 19.6 Å². The summed E-state index contributed by atoms with van der Waals surface area (Å²) in [5.41, 5.74) is 0.993. The molecule has 1 unspecified atom stereocenters. The van der Waals surface area contributed by atoms with Crippen molar-refractivity contribution in [2.45, 2.75) is 19.1 Å². The number of hydrogen-bond donors (Lipinski definition) is 1. The number of carbonyl (C=O) groups is 1. The van der Waals surface area contributed by atoms with E-state index in [0.717, 1.165) is 0 Å². The number of ether oxygens (including phenoxy) is 1. The van der Waals surface area contributed by atoms with Crippen molar-refractivity contribution in [1.29, 1.82) is 5.26 Å². The monoisotopic (exact) mass is 278 g/mol. The number of rotatable bonds is 4. The average molecular weight is 278 g/mol. The molecule has 1 saturated heterocycles. The van der Waals surface area contributed by atoms with Crippen LogP contribution in [-0.4, -0.2) is 41.8 Å². The Morgan fingerprint density at radius 3 is 3.05 bits per heavy atom. The summed E-state index contributed by atoms with van der Waals surface area (Å²) in [6.07, 6.45) is -0.381. The lowest BCUT2D eigenvalue weighted by Crippen LogP contribution is -2.42. The first-order valence-corrected chi connectivity index (χ1v) is 6.32. The van der Waals surface area contributed by atoms with Gasteiger partial charge in [-0.2, -0.15) is 5.26 Å². The molecule has 1 aliphatic rings. The molecule has 1 aromatic rings. The average Bonchev–Trinajstić information content (AvgIpc) is 2.37. The molecule has 2 rings (SSSR count). The molecule has 5 nitrogen and oxygen atoms in total. The van der Waals surface area contributed by atoms with Crippen molar-refractivity contribution in [3.05, 3.63) is 35.1 Å². The molecule has 0 aliphatic carbocycles. The number of carboxylic acids is 1. The van der Waals surface area contributed by atoms with Gasteiger partial charge in [0.1, 0.15) is 5.82 Å². The van der Waals surface area contributed by atoms with Gasteiger partial charge < -0.3 is 9.84 Å². The van der Waals surface area contributed by atoms with Crippen molar-refractivity contribution in [2.75, 3.05) is 19.7 Å². The Bertz CT molecular complexity index is 542. The van der Waals surface area contributed by atoms with Crippen LogP contribution in [0.25, 0.3) is 0 Å². The van der Waals surface area contributed by atoms with Gasteiger partial charge in [0.05, 0.1) is 30.8 Å². The molecule has 0 bridgehead atoms. The number of nitrogens with zero attached hydrogens (tertiary/aromatic N) is 2. The lowest BCUT2D eigenvalue weighted by molar-refractivity contribution is -0.142. The minimum Gasteiger partial charge on any atom is -0.481 e. The van der Waals surface area contributed by atoms with Crippen LogP contribution in [0.1, 0.15) is 17.5 Å². The first kappa shape index (κ1) is 14.4. The zero-order valence-corrected chi connectivity index (χ0v) is 10.9. The highest BCUT2D eigenvalue weighted by Crippen LogP contribution is 2.15. The van der Waals surface area contributed by atoms with Crippen LogP contribution in [0.5, 0.6) is 0 Å². The van der Waals surface area contributed by atoms with E-state index in [1.54, 1.807) is 6.07 Å². The Balaban J connectivity index is 2.01. The van der Waals surface area contributed by atoms with Crippen LogP contribution >= 0.6 is 0 Å². The van der Waals surface area contributed by atoms with Gasteiger partial charge in [-0.05, 0) is 23.8 Å². The summed E-state index contributed by atoms with van der Waals surface area (Å²) >= 11 is 0. The van der Waals surface area contributed by atoms with Crippen molar-refractivity contribution in [3.63, 3.8) is 0 Å². The Morgan fingerprint density at radius 1 is 1.55 bits per heavy atom. The lowest BCUT2D eigenvalue weighted by Gasteiger charge is -2.32. The molecule has 0 amide bonds. The maximum absolute atomic E-state index is 13.3. The van der Waals surface area contributed by atoms with Crippen LogP contribution in [0.4, 0.5) is 4.39 Å². The molecule has 0 radical (unpaired) electrons. The van der Waals surface area contributed by atoms with Crippen molar-refractivity contribution in [3.8, 4) is 6.07 Å². The van der Waals surface area contributed by atoms with E-state index >= 15 is 0 Å². The van der Waals surface area contributed by atoms with E-state index in [2.05, 4.69) is 0 Å². The van der Waals surface area contributed by atoms with E-state index in [-0.39, 0.29) is 18.1 Å². The van der Waals surface area contributed by atoms with E-state index in [9.17, 15) is 9.18 Å². The largest absolute Gasteiger partial charge is 0.481 e. The summed E-state index contributed by atoms with van der Waals surface area (Å²) in [6.45, 7) is 2.09. The molecule has 0 spiro atoms. The summed E-state index contributed by atoms with van der Waals surface area (Å²) in [5, 5.41) is 17.6. The van der Waals surface area contributed by atoms with Gasteiger partial charge in [0.15, 0.2) is 0 Å². The quantitative estimate of drug-likeness (QED) is 0.900. The summed E-state index contributed by atoms with van der Waals surface area (Å²) in [7, 11) is 0. The smallest absolute Gasteiger partial charge is 0.306 e. The molecule has 1 N–H and O–H groups in total. The van der Waals surface area contributed by atoms with Gasteiger partial charge in [-0.15, -0.1) is 0 Å². The van der Waals surface area contributed by atoms with E-state index in [0.29, 0.717) is 31.8 Å². The third kappa shape index (κ3) is 4.02. The highest BCUT2D eigenvalue weighted by atomic mass is 19.1. The maximum Gasteiger partial charge on any atom is 0.306 e. The molecule has 1 fully saturated rings. The molecule has 20 heavy (non-hydrogen) atoms. The maximum atomic E-state index is 13.3. The predicted molar refractivity (Wildman–Crippen MR) is 68.4 cm³/mol. The Morgan fingerprint density at radius 2 is 2.35 bits per heavy atom. The fraction of sp³-hybridized carbons (Fsp3) is 0.429. The zero-order valence-electron chi connectivity index (χ0n) is 10.9. The fourth-order valence-electron chi connectivity index (χ4n) is 2.31. The SMILES string of the molecule is N#Cc1cc(F)cc(CN2CCOC(CC(=O)O)C2)c1. The Kier molecular flexibility index (Phi) is 4.66. The van der Waals surface area contributed by atoms with Crippen LogP contribution < -0.4 is 0 Å². The Labute approximate surface area is 116 Å². The molecule has 0 aromatic heterocycles. The van der Waals surface area contributed by atoms with Gasteiger partial charge in [-0.3, -0.25) is 9.69 Å². The summed E-state index contributed by atoms with van der Waals surface area (Å²) in [6, 6.07) is 6.14. The van der Waals surface area contributed by atoms with Crippen molar-refractivity contribution in [2.24, 2.45) is 0 Å². The van der Waals surface area contributed by atoms with Crippen molar-refractivity contribution >= 4 is 5.97 Å². The van der Waals surface area contributed by atoms with E-state index in [1.165, 1.54) is 12.1 Å². The predicted octanol–water partition coefficient (Wildman–Crippen LogP) is 1.37. The van der Waals surface area contributed by atoms with Crippen LogP contribution in [-0.2, 0) is 16.1 Å². The summed E-state index contributed by atoms with van der Waals surface area (Å²) < 4.78 is 18.7. The minimum absolute atomic E-state index is 0.0386. The highest BCUT2D eigenvalue weighted by Gasteiger charge is 2.22. The van der Waals surface area contributed by atoms with Gasteiger partial charge in [0.2, 0.25) is 0 Å². The highest BCUT2D eigenvalue weighted by molar-refractivity contribution is 5.67. The van der Waals surface area contributed by atoms with Crippen molar-refractivity contribution in [1.82, 2.24) is 4.90 Å². The van der Waals surface area contributed by atoms with Crippen LogP contribution in [0, 0.1) is 17.1 Å². The first-order valence-electron chi connectivity index (χ1n) is 6.32. The normalized spacial score (nSPS) is 19.5. The number of morpholine rings is 1. The molecule has 1 aliphatic heterocycles. The Hall–Kier alpha value is -1.97. The second-order valence-corrected chi connectivity index (χ2v) is 4.79. The van der Waals surface area contributed by atoms with Gasteiger partial charge in [0.25, 0.3) is 0 Å². The van der Waals surface area contributed by atoms with E-state index in [1.807, 2.05) is 11.0 Å². The summed E-state index contributed by atoms with van der Waals surface area (Å²) in [5.74, 6) is -1.33. The number of aliphatic carboxylic acids is 1. The number of nitriles is 1. The van der Waals surface area contributed by atoms with E-state index < -0.39 is 11.8 Å². The molecule has 106 valence electrons. The van der Waals surface area contributed by atoms with Crippen molar-refractivity contribution < 1.29 is 19.0 Å². The van der Waals surface area contributed by atoms with Crippen LogP contribution in [0.15, 0.2) is 18.2 Å². The lowest BCUT2D eigenvalue weighted by atomic mass is 10.1. The van der Waals surface area contributed by atoms with Gasteiger partial charge in [-0.1, -0.05) is 0 Å². The molecular weight excluding hydrogens is 263 g/mol. The molecule has 0 saturated carbocycles. The van der Waals surface area contributed by atoms with E-state index in [4.69, 9.17) is 15.1 Å². The topological polar surface area (TPSA) is 73.6 Å². The second-order valence-electron chi connectivity index (χ2n) is 4.79. The number of hydrogen-bond acceptors (Lipinski definition) is 4. The van der Waals surface area contributed by atoms with Crippen LogP contribution in [0.3, 0.4) is 0 Å². The van der Waals surface area contributed by atoms with Crippen LogP contribution in [0.2, 0.25) is 0 Å². The first-order chi connectivity index (χ1) is 9.56. The number of carboxylic acid groups (broad SMARTS) is 1.